The summed E-state index contributed by atoms with van der Waals surface area (Å²) >= 11 is 0. The van der Waals surface area contributed by atoms with Gasteiger partial charge in [0, 0.05) is 39.9 Å². The molecule has 1 aromatic heterocycles. The van der Waals surface area contributed by atoms with Crippen LogP contribution in [0.5, 0.6) is 0 Å². The normalized spacial score (nSPS) is 21.5. The van der Waals surface area contributed by atoms with Gasteiger partial charge in [-0.2, -0.15) is 5.10 Å². The molecule has 0 amide bonds. The van der Waals surface area contributed by atoms with Crippen LogP contribution in [0.15, 0.2) is 17.4 Å². The van der Waals surface area contributed by atoms with Crippen LogP contribution in [0, 0.1) is 5.41 Å². The lowest BCUT2D eigenvalue weighted by Gasteiger charge is -2.33. The van der Waals surface area contributed by atoms with Crippen LogP contribution >= 0.6 is 0 Å². The Labute approximate surface area is 133 Å². The van der Waals surface area contributed by atoms with Crippen molar-refractivity contribution in [3.8, 4) is 0 Å². The second-order valence-corrected chi connectivity index (χ2v) is 6.98. The zero-order valence-corrected chi connectivity index (χ0v) is 14.0. The Kier molecular flexibility index (Phi) is 4.69. The minimum atomic E-state index is 0.583. The molecule has 0 atom stereocenters. The summed E-state index contributed by atoms with van der Waals surface area (Å²) in [6, 6.07) is 0. The van der Waals surface area contributed by atoms with E-state index in [4.69, 9.17) is 0 Å². The molecule has 0 unspecified atom stereocenters. The summed E-state index contributed by atoms with van der Waals surface area (Å²) in [5.74, 6) is 1.08. The quantitative estimate of drug-likeness (QED) is 0.688. The summed E-state index contributed by atoms with van der Waals surface area (Å²) in [6.07, 6.45) is 13.4. The Bertz CT molecular complexity index is 513. The van der Waals surface area contributed by atoms with Crippen molar-refractivity contribution in [3.05, 3.63) is 18.0 Å². The highest BCUT2D eigenvalue weighted by Gasteiger charge is 2.39. The first-order chi connectivity index (χ1) is 10.7. The van der Waals surface area contributed by atoms with Crippen LogP contribution in [-0.4, -0.2) is 47.3 Å². The summed E-state index contributed by atoms with van der Waals surface area (Å²) in [5, 5.41) is 7.75. The Morgan fingerprint density at radius 1 is 1.32 bits per heavy atom. The van der Waals surface area contributed by atoms with Gasteiger partial charge in [-0.05, 0) is 36.7 Å². The number of hydrogen-bond acceptors (Lipinski definition) is 2. The molecule has 0 bridgehead atoms. The first-order valence-corrected chi connectivity index (χ1v) is 8.64. The zero-order chi connectivity index (χ0) is 15.4. The van der Waals surface area contributed by atoms with Crippen LogP contribution in [0.2, 0.25) is 0 Å². The molecular weight excluding hydrogens is 274 g/mol. The number of aromatic nitrogens is 2. The second-order valence-electron chi connectivity index (χ2n) is 6.98. The van der Waals surface area contributed by atoms with Crippen molar-refractivity contribution in [2.75, 3.05) is 26.7 Å². The third-order valence-corrected chi connectivity index (χ3v) is 5.32. The van der Waals surface area contributed by atoms with Gasteiger partial charge < -0.3 is 10.2 Å². The van der Waals surface area contributed by atoms with Gasteiger partial charge in [0.2, 0.25) is 0 Å². The molecule has 5 nitrogen and oxygen atoms in total. The molecular formula is C17H29N5. The van der Waals surface area contributed by atoms with Crippen LogP contribution in [0.25, 0.3) is 0 Å². The standard InChI is InChI=1S/C17H29N5/c1-18-16(19-10-6-15-12-20-21(2)13-15)22-11-9-17(14-22)7-4-3-5-8-17/h12-13H,3-11,14H2,1-2H3,(H,18,19). The van der Waals surface area contributed by atoms with Gasteiger partial charge in [0.1, 0.15) is 0 Å². The lowest BCUT2D eigenvalue weighted by molar-refractivity contribution is 0.203. The number of guanidine groups is 1. The maximum atomic E-state index is 4.50. The highest BCUT2D eigenvalue weighted by molar-refractivity contribution is 5.80. The molecule has 122 valence electrons. The first-order valence-electron chi connectivity index (χ1n) is 8.64. The fourth-order valence-corrected chi connectivity index (χ4v) is 4.08. The number of hydrogen-bond donors (Lipinski definition) is 1. The van der Waals surface area contributed by atoms with Gasteiger partial charge in [0.15, 0.2) is 5.96 Å². The third-order valence-electron chi connectivity index (χ3n) is 5.32. The second kappa shape index (κ2) is 6.71. The summed E-state index contributed by atoms with van der Waals surface area (Å²) in [6.45, 7) is 3.27. The fraction of sp³-hybridized carbons (Fsp3) is 0.765. The maximum Gasteiger partial charge on any atom is 0.193 e. The molecule has 1 aromatic rings. The summed E-state index contributed by atoms with van der Waals surface area (Å²) < 4.78 is 1.86. The number of likely N-dealkylation sites (tertiary alicyclic amines) is 1. The van der Waals surface area contributed by atoms with E-state index in [2.05, 4.69) is 26.5 Å². The molecule has 1 aliphatic heterocycles. The van der Waals surface area contributed by atoms with E-state index in [-0.39, 0.29) is 0 Å². The fourth-order valence-electron chi connectivity index (χ4n) is 4.08. The molecule has 0 aromatic carbocycles. The van der Waals surface area contributed by atoms with Gasteiger partial charge in [-0.25, -0.2) is 0 Å². The van der Waals surface area contributed by atoms with E-state index in [9.17, 15) is 0 Å². The highest BCUT2D eigenvalue weighted by atomic mass is 15.3. The zero-order valence-electron chi connectivity index (χ0n) is 14.0. The molecule has 5 heteroatoms. The van der Waals surface area contributed by atoms with E-state index in [1.54, 1.807) is 0 Å². The molecule has 0 radical (unpaired) electrons. The SMILES string of the molecule is CN=C(NCCc1cnn(C)c1)N1CCC2(CCCCC2)C1. The van der Waals surface area contributed by atoms with Crippen LogP contribution < -0.4 is 5.32 Å². The number of nitrogens with zero attached hydrogens (tertiary/aromatic N) is 4. The summed E-state index contributed by atoms with van der Waals surface area (Å²) in [7, 11) is 3.86. The van der Waals surface area contributed by atoms with Gasteiger partial charge >= 0.3 is 0 Å². The number of nitrogens with one attached hydrogen (secondary N) is 1. The van der Waals surface area contributed by atoms with Crippen LogP contribution in [-0.2, 0) is 13.5 Å². The minimum Gasteiger partial charge on any atom is -0.356 e. The molecule has 2 heterocycles. The smallest absolute Gasteiger partial charge is 0.193 e. The molecule has 3 rings (SSSR count). The van der Waals surface area contributed by atoms with Crippen molar-refractivity contribution in [3.63, 3.8) is 0 Å². The van der Waals surface area contributed by atoms with E-state index in [0.717, 1.165) is 25.5 Å². The minimum absolute atomic E-state index is 0.583. The van der Waals surface area contributed by atoms with E-state index in [0.29, 0.717) is 5.41 Å². The van der Waals surface area contributed by atoms with Crippen molar-refractivity contribution in [1.82, 2.24) is 20.0 Å². The van der Waals surface area contributed by atoms with Crippen LogP contribution in [0.4, 0.5) is 0 Å². The predicted molar refractivity (Wildman–Crippen MR) is 90.0 cm³/mol. The average Bonchev–Trinajstić information content (AvgIpc) is 3.12. The predicted octanol–water partition coefficient (Wildman–Crippen LogP) is 2.19. The van der Waals surface area contributed by atoms with Crippen molar-refractivity contribution in [1.29, 1.82) is 0 Å². The topological polar surface area (TPSA) is 45.5 Å². The summed E-state index contributed by atoms with van der Waals surface area (Å²) in [4.78, 5) is 6.96. The summed E-state index contributed by atoms with van der Waals surface area (Å²) in [5.41, 5.74) is 1.86. The van der Waals surface area contributed by atoms with E-state index in [1.807, 2.05) is 25.0 Å². The van der Waals surface area contributed by atoms with Gasteiger partial charge in [-0.1, -0.05) is 19.3 Å². The molecule has 2 fully saturated rings. The molecule has 1 spiro atoms. The van der Waals surface area contributed by atoms with Crippen molar-refractivity contribution >= 4 is 5.96 Å². The first kappa shape index (κ1) is 15.4. The van der Waals surface area contributed by atoms with E-state index >= 15 is 0 Å². The van der Waals surface area contributed by atoms with Crippen molar-refractivity contribution in [2.45, 2.75) is 44.9 Å². The number of aliphatic imine (C=N–C) groups is 1. The monoisotopic (exact) mass is 303 g/mol. The molecule has 2 aliphatic rings. The molecule has 1 saturated heterocycles. The Morgan fingerprint density at radius 2 is 2.14 bits per heavy atom. The number of rotatable bonds is 3. The average molecular weight is 303 g/mol. The van der Waals surface area contributed by atoms with Crippen molar-refractivity contribution < 1.29 is 0 Å². The number of aryl methyl sites for hydroxylation is 1. The lowest BCUT2D eigenvalue weighted by atomic mass is 9.73. The molecule has 22 heavy (non-hydrogen) atoms. The Hall–Kier alpha value is -1.52. The van der Waals surface area contributed by atoms with Crippen molar-refractivity contribution in [2.24, 2.45) is 17.5 Å². The van der Waals surface area contributed by atoms with Gasteiger partial charge in [-0.3, -0.25) is 9.67 Å². The third kappa shape index (κ3) is 3.45. The van der Waals surface area contributed by atoms with Crippen LogP contribution in [0.1, 0.15) is 44.1 Å². The highest BCUT2D eigenvalue weighted by Crippen LogP contribution is 2.43. The molecule has 1 N–H and O–H groups in total. The largest absolute Gasteiger partial charge is 0.356 e. The Morgan fingerprint density at radius 3 is 2.82 bits per heavy atom. The van der Waals surface area contributed by atoms with Gasteiger partial charge in [0.05, 0.1) is 6.20 Å². The van der Waals surface area contributed by atoms with Gasteiger partial charge in [-0.15, -0.1) is 0 Å². The lowest BCUT2D eigenvalue weighted by Crippen LogP contribution is -2.42. The van der Waals surface area contributed by atoms with Crippen LogP contribution in [0.3, 0.4) is 0 Å². The van der Waals surface area contributed by atoms with E-state index < -0.39 is 0 Å². The molecule has 1 saturated carbocycles. The Balaban J connectivity index is 1.49. The molecule has 1 aliphatic carbocycles. The van der Waals surface area contributed by atoms with Gasteiger partial charge in [0.25, 0.3) is 0 Å². The maximum absolute atomic E-state index is 4.50. The van der Waals surface area contributed by atoms with E-state index in [1.165, 1.54) is 50.6 Å².